The first-order valence-electron chi connectivity index (χ1n) is 7.43. The molecule has 1 aliphatic rings. The summed E-state index contributed by atoms with van der Waals surface area (Å²) >= 11 is 0. The predicted molar refractivity (Wildman–Crippen MR) is 76.4 cm³/mol. The minimum Gasteiger partial charge on any atom is -0.311 e. The summed E-state index contributed by atoms with van der Waals surface area (Å²) < 4.78 is 0. The summed E-state index contributed by atoms with van der Waals surface area (Å²) in [4.78, 5) is 2.76. The molecule has 0 saturated carbocycles. The molecule has 0 radical (unpaired) electrons. The number of nitrogens with one attached hydrogen (secondary N) is 1. The van der Waals surface area contributed by atoms with Crippen LogP contribution in [0, 0.1) is 11.8 Å². The predicted octanol–water partition coefficient (Wildman–Crippen LogP) is 3.13. The van der Waals surface area contributed by atoms with E-state index in [0.29, 0.717) is 11.6 Å². The summed E-state index contributed by atoms with van der Waals surface area (Å²) in [5.41, 5.74) is 0.398. The van der Waals surface area contributed by atoms with Crippen LogP contribution in [-0.2, 0) is 0 Å². The summed E-state index contributed by atoms with van der Waals surface area (Å²) in [6.45, 7) is 17.6. The molecular weight excluding hydrogens is 208 g/mol. The van der Waals surface area contributed by atoms with Crippen molar-refractivity contribution < 1.29 is 0 Å². The largest absolute Gasteiger partial charge is 0.311 e. The second-order valence-corrected chi connectivity index (χ2v) is 6.46. The number of rotatable bonds is 5. The molecule has 0 aromatic carbocycles. The quantitative estimate of drug-likeness (QED) is 0.794. The van der Waals surface area contributed by atoms with Crippen LogP contribution in [0.3, 0.4) is 0 Å². The second kappa shape index (κ2) is 6.19. The molecule has 17 heavy (non-hydrogen) atoms. The highest BCUT2D eigenvalue weighted by molar-refractivity contribution is 4.98. The Morgan fingerprint density at radius 1 is 1.18 bits per heavy atom. The molecule has 2 heteroatoms. The highest BCUT2D eigenvalue weighted by Crippen LogP contribution is 2.29. The first-order valence-corrected chi connectivity index (χ1v) is 7.43. The Labute approximate surface area is 108 Å². The van der Waals surface area contributed by atoms with Crippen molar-refractivity contribution in [3.8, 4) is 0 Å². The van der Waals surface area contributed by atoms with Gasteiger partial charge in [-0.1, -0.05) is 41.5 Å². The Morgan fingerprint density at radius 3 is 2.18 bits per heavy atom. The maximum Gasteiger partial charge on any atom is 0.0329 e. The first-order chi connectivity index (χ1) is 7.95. The van der Waals surface area contributed by atoms with E-state index in [1.165, 1.54) is 25.9 Å². The van der Waals surface area contributed by atoms with Crippen LogP contribution in [-0.4, -0.2) is 36.1 Å². The molecule has 0 amide bonds. The number of piperazine rings is 1. The SMILES string of the molecule is CCC1(CC)CNC(C(C)C)CN1CC(C)C. The fourth-order valence-corrected chi connectivity index (χ4v) is 3.03. The van der Waals surface area contributed by atoms with Gasteiger partial charge in [-0.3, -0.25) is 4.90 Å². The number of nitrogens with zero attached hydrogens (tertiary/aromatic N) is 1. The zero-order chi connectivity index (χ0) is 13.1. The van der Waals surface area contributed by atoms with Gasteiger partial charge < -0.3 is 5.32 Å². The Hall–Kier alpha value is -0.0800. The fraction of sp³-hybridized carbons (Fsp3) is 1.00. The van der Waals surface area contributed by atoms with Gasteiger partial charge in [0.1, 0.15) is 0 Å². The van der Waals surface area contributed by atoms with Crippen LogP contribution in [0.15, 0.2) is 0 Å². The summed E-state index contributed by atoms with van der Waals surface area (Å²) in [5, 5.41) is 3.77. The molecular formula is C15H32N2. The van der Waals surface area contributed by atoms with E-state index in [9.17, 15) is 0 Å². The van der Waals surface area contributed by atoms with E-state index in [2.05, 4.69) is 51.8 Å². The van der Waals surface area contributed by atoms with Gasteiger partial charge in [0, 0.05) is 31.2 Å². The third kappa shape index (κ3) is 3.45. The van der Waals surface area contributed by atoms with Crippen LogP contribution >= 0.6 is 0 Å². The van der Waals surface area contributed by atoms with Crippen molar-refractivity contribution in [2.45, 2.75) is 66.0 Å². The third-order valence-electron chi connectivity index (χ3n) is 4.49. The maximum atomic E-state index is 3.77. The van der Waals surface area contributed by atoms with Gasteiger partial charge >= 0.3 is 0 Å². The van der Waals surface area contributed by atoms with Gasteiger partial charge in [-0.2, -0.15) is 0 Å². The average molecular weight is 240 g/mol. The van der Waals surface area contributed by atoms with Crippen molar-refractivity contribution in [1.82, 2.24) is 10.2 Å². The zero-order valence-electron chi connectivity index (χ0n) is 12.7. The normalized spacial score (nSPS) is 25.8. The lowest BCUT2D eigenvalue weighted by molar-refractivity contribution is 0.0138. The molecule has 1 rings (SSSR count). The van der Waals surface area contributed by atoms with Crippen molar-refractivity contribution >= 4 is 0 Å². The van der Waals surface area contributed by atoms with Crippen molar-refractivity contribution in [3.05, 3.63) is 0 Å². The molecule has 0 bridgehead atoms. The first kappa shape index (κ1) is 15.0. The van der Waals surface area contributed by atoms with E-state index < -0.39 is 0 Å². The van der Waals surface area contributed by atoms with Gasteiger partial charge in [0.25, 0.3) is 0 Å². The number of hydrogen-bond donors (Lipinski definition) is 1. The van der Waals surface area contributed by atoms with E-state index in [1.807, 2.05) is 0 Å². The van der Waals surface area contributed by atoms with Crippen LogP contribution in [0.25, 0.3) is 0 Å². The smallest absolute Gasteiger partial charge is 0.0329 e. The Morgan fingerprint density at radius 2 is 1.76 bits per heavy atom. The third-order valence-corrected chi connectivity index (χ3v) is 4.49. The minimum atomic E-state index is 0.398. The van der Waals surface area contributed by atoms with Crippen molar-refractivity contribution in [2.24, 2.45) is 11.8 Å². The van der Waals surface area contributed by atoms with E-state index in [1.54, 1.807) is 0 Å². The van der Waals surface area contributed by atoms with Gasteiger partial charge in [0.15, 0.2) is 0 Å². The molecule has 1 aliphatic heterocycles. The molecule has 0 aromatic heterocycles. The zero-order valence-corrected chi connectivity index (χ0v) is 12.7. The molecule has 2 nitrogen and oxygen atoms in total. The van der Waals surface area contributed by atoms with Crippen LogP contribution in [0.2, 0.25) is 0 Å². The van der Waals surface area contributed by atoms with Gasteiger partial charge in [-0.25, -0.2) is 0 Å². The van der Waals surface area contributed by atoms with E-state index in [-0.39, 0.29) is 0 Å². The Kier molecular flexibility index (Phi) is 5.46. The van der Waals surface area contributed by atoms with E-state index >= 15 is 0 Å². The van der Waals surface area contributed by atoms with Gasteiger partial charge in [0.05, 0.1) is 0 Å². The van der Waals surface area contributed by atoms with Gasteiger partial charge in [-0.05, 0) is 24.7 Å². The highest BCUT2D eigenvalue weighted by Gasteiger charge is 2.39. The molecule has 0 aliphatic carbocycles. The molecule has 1 atom stereocenters. The fourth-order valence-electron chi connectivity index (χ4n) is 3.03. The monoisotopic (exact) mass is 240 g/mol. The molecule has 1 heterocycles. The van der Waals surface area contributed by atoms with Crippen LogP contribution in [0.4, 0.5) is 0 Å². The standard InChI is InChI=1S/C15H32N2/c1-7-15(8-2)11-16-14(13(5)6)10-17(15)9-12(3)4/h12-14,16H,7-11H2,1-6H3. The molecule has 1 N–H and O–H groups in total. The van der Waals surface area contributed by atoms with Gasteiger partial charge in [-0.15, -0.1) is 0 Å². The van der Waals surface area contributed by atoms with E-state index in [0.717, 1.165) is 18.4 Å². The maximum absolute atomic E-state index is 3.77. The second-order valence-electron chi connectivity index (χ2n) is 6.46. The highest BCUT2D eigenvalue weighted by atomic mass is 15.3. The summed E-state index contributed by atoms with van der Waals surface area (Å²) in [5.74, 6) is 1.50. The molecule has 102 valence electrons. The Balaban J connectivity index is 2.78. The summed E-state index contributed by atoms with van der Waals surface area (Å²) in [7, 11) is 0. The van der Waals surface area contributed by atoms with E-state index in [4.69, 9.17) is 0 Å². The van der Waals surface area contributed by atoms with Crippen molar-refractivity contribution in [1.29, 1.82) is 0 Å². The van der Waals surface area contributed by atoms with Gasteiger partial charge in [0.2, 0.25) is 0 Å². The van der Waals surface area contributed by atoms with Crippen LogP contribution < -0.4 is 5.32 Å². The summed E-state index contributed by atoms with van der Waals surface area (Å²) in [6, 6.07) is 0.667. The molecule has 0 spiro atoms. The Bertz CT molecular complexity index is 219. The average Bonchev–Trinajstić information content (AvgIpc) is 2.28. The lowest BCUT2D eigenvalue weighted by atomic mass is 9.84. The molecule has 1 fully saturated rings. The van der Waals surface area contributed by atoms with Crippen LogP contribution in [0.5, 0.6) is 0 Å². The van der Waals surface area contributed by atoms with Crippen molar-refractivity contribution in [3.63, 3.8) is 0 Å². The topological polar surface area (TPSA) is 15.3 Å². The molecule has 0 aromatic rings. The summed E-state index contributed by atoms with van der Waals surface area (Å²) in [6.07, 6.45) is 2.52. The lowest BCUT2D eigenvalue weighted by Gasteiger charge is -2.51. The molecule has 1 saturated heterocycles. The molecule has 1 unspecified atom stereocenters. The van der Waals surface area contributed by atoms with Crippen LogP contribution in [0.1, 0.15) is 54.4 Å². The minimum absolute atomic E-state index is 0.398. The lowest BCUT2D eigenvalue weighted by Crippen LogP contribution is -2.65. The van der Waals surface area contributed by atoms with Crippen molar-refractivity contribution in [2.75, 3.05) is 19.6 Å². The number of hydrogen-bond acceptors (Lipinski definition) is 2.